The van der Waals surface area contributed by atoms with E-state index in [1.807, 2.05) is 6.08 Å². The molecule has 0 aromatic rings. The average Bonchev–Trinajstić information content (AvgIpc) is 2.68. The lowest BCUT2D eigenvalue weighted by Crippen LogP contribution is -2.26. The summed E-state index contributed by atoms with van der Waals surface area (Å²) in [4.78, 5) is 11.8. The van der Waals surface area contributed by atoms with Gasteiger partial charge >= 0.3 is 0 Å². The first-order valence-electron chi connectivity index (χ1n) is 6.10. The minimum absolute atomic E-state index is 0.104. The molecule has 1 unspecified atom stereocenters. The molecule has 0 N–H and O–H groups in total. The van der Waals surface area contributed by atoms with Crippen molar-refractivity contribution in [1.29, 1.82) is 0 Å². The van der Waals surface area contributed by atoms with E-state index in [0.29, 0.717) is 5.76 Å². The van der Waals surface area contributed by atoms with Crippen molar-refractivity contribution in [3.63, 3.8) is 0 Å². The number of thioether (sulfide) groups is 1. The van der Waals surface area contributed by atoms with E-state index in [0.717, 1.165) is 18.6 Å². The molecule has 1 heterocycles. The quantitative estimate of drug-likeness (QED) is 0.719. The van der Waals surface area contributed by atoms with Crippen molar-refractivity contribution in [2.45, 2.75) is 42.3 Å². The monoisotopic (exact) mass is 252 g/mol. The SMILES string of the molecule is COC1=CC(=O)C2SC3(CCCCC3)OC2=C1. The summed E-state index contributed by atoms with van der Waals surface area (Å²) in [6.45, 7) is 0. The van der Waals surface area contributed by atoms with Gasteiger partial charge in [0.25, 0.3) is 0 Å². The number of rotatable bonds is 1. The van der Waals surface area contributed by atoms with Gasteiger partial charge in [0.05, 0.1) is 7.11 Å². The molecule has 0 radical (unpaired) electrons. The second-order valence-corrected chi connectivity index (χ2v) is 6.22. The Kier molecular flexibility index (Phi) is 2.69. The van der Waals surface area contributed by atoms with E-state index in [-0.39, 0.29) is 16.0 Å². The largest absolute Gasteiger partial charge is 0.497 e. The lowest BCUT2D eigenvalue weighted by atomic mass is 9.97. The van der Waals surface area contributed by atoms with E-state index in [9.17, 15) is 4.79 Å². The number of carbonyl (C=O) groups is 1. The second-order valence-electron chi connectivity index (χ2n) is 4.77. The highest BCUT2D eigenvalue weighted by Crippen LogP contribution is 2.53. The lowest BCUT2D eigenvalue weighted by Gasteiger charge is -2.31. The topological polar surface area (TPSA) is 35.5 Å². The standard InChI is InChI=1S/C13H16O3S/c1-15-9-7-10(14)12-11(8-9)16-13(17-12)5-3-2-4-6-13/h7-8,12H,2-6H2,1H3. The molecule has 1 aliphatic heterocycles. The smallest absolute Gasteiger partial charge is 0.180 e. The maximum absolute atomic E-state index is 12.0. The van der Waals surface area contributed by atoms with Crippen LogP contribution >= 0.6 is 11.8 Å². The Balaban J connectivity index is 1.85. The molecule has 1 saturated heterocycles. The van der Waals surface area contributed by atoms with E-state index in [1.165, 1.54) is 19.3 Å². The van der Waals surface area contributed by atoms with Crippen LogP contribution in [0.2, 0.25) is 0 Å². The van der Waals surface area contributed by atoms with Gasteiger partial charge in [0, 0.05) is 12.2 Å². The van der Waals surface area contributed by atoms with Gasteiger partial charge in [-0.2, -0.15) is 0 Å². The number of methoxy groups -OCH3 is 1. The Bertz CT molecular complexity index is 405. The summed E-state index contributed by atoms with van der Waals surface area (Å²) in [6.07, 6.45) is 9.24. The van der Waals surface area contributed by atoms with Crippen molar-refractivity contribution in [2.24, 2.45) is 0 Å². The first-order chi connectivity index (χ1) is 8.22. The van der Waals surface area contributed by atoms with Crippen LogP contribution in [0, 0.1) is 0 Å². The predicted octanol–water partition coefficient (Wildman–Crippen LogP) is 2.78. The van der Waals surface area contributed by atoms with Crippen molar-refractivity contribution >= 4 is 17.5 Å². The third-order valence-corrected chi connectivity index (χ3v) is 5.19. The molecule has 92 valence electrons. The summed E-state index contributed by atoms with van der Waals surface area (Å²) in [7, 11) is 1.58. The number of hydrogen-bond donors (Lipinski definition) is 0. The lowest BCUT2D eigenvalue weighted by molar-refractivity contribution is -0.114. The van der Waals surface area contributed by atoms with E-state index in [4.69, 9.17) is 9.47 Å². The predicted molar refractivity (Wildman–Crippen MR) is 66.5 cm³/mol. The highest BCUT2D eigenvalue weighted by molar-refractivity contribution is 8.02. The van der Waals surface area contributed by atoms with Gasteiger partial charge in [-0.05, 0) is 25.7 Å². The van der Waals surface area contributed by atoms with Gasteiger partial charge in [-0.25, -0.2) is 0 Å². The fourth-order valence-electron chi connectivity index (χ4n) is 2.69. The van der Waals surface area contributed by atoms with Crippen LogP contribution in [0.4, 0.5) is 0 Å². The number of hydrogen-bond acceptors (Lipinski definition) is 4. The van der Waals surface area contributed by atoms with E-state index in [1.54, 1.807) is 24.9 Å². The van der Waals surface area contributed by atoms with E-state index >= 15 is 0 Å². The first-order valence-corrected chi connectivity index (χ1v) is 6.98. The van der Waals surface area contributed by atoms with Crippen molar-refractivity contribution in [3.05, 3.63) is 23.7 Å². The zero-order valence-electron chi connectivity index (χ0n) is 9.90. The molecule has 0 bridgehead atoms. The number of ether oxygens (including phenoxy) is 2. The van der Waals surface area contributed by atoms with Crippen molar-refractivity contribution in [2.75, 3.05) is 7.11 Å². The molecule has 1 spiro atoms. The van der Waals surface area contributed by atoms with E-state index in [2.05, 4.69) is 0 Å². The van der Waals surface area contributed by atoms with Crippen LogP contribution in [0.25, 0.3) is 0 Å². The molecule has 4 heteroatoms. The second kappa shape index (κ2) is 4.09. The molecular weight excluding hydrogens is 236 g/mol. The number of carbonyl (C=O) groups excluding carboxylic acids is 1. The van der Waals surface area contributed by atoms with Crippen LogP contribution in [0.5, 0.6) is 0 Å². The number of allylic oxidation sites excluding steroid dienone is 2. The third-order valence-electron chi connectivity index (χ3n) is 3.57. The molecule has 17 heavy (non-hydrogen) atoms. The maximum atomic E-state index is 12.0. The molecule has 0 aromatic carbocycles. The Hall–Kier alpha value is -0.900. The van der Waals surface area contributed by atoms with Gasteiger partial charge in [0.2, 0.25) is 0 Å². The molecule has 3 nitrogen and oxygen atoms in total. The van der Waals surface area contributed by atoms with Crippen molar-refractivity contribution in [3.8, 4) is 0 Å². The summed E-state index contributed by atoms with van der Waals surface area (Å²) >= 11 is 1.70. The zero-order valence-corrected chi connectivity index (χ0v) is 10.7. The molecule has 0 aromatic heterocycles. The summed E-state index contributed by atoms with van der Waals surface area (Å²) in [5, 5.41) is -0.132. The van der Waals surface area contributed by atoms with Gasteiger partial charge in [-0.1, -0.05) is 18.2 Å². The highest BCUT2D eigenvalue weighted by Gasteiger charge is 2.48. The van der Waals surface area contributed by atoms with Gasteiger partial charge in [-0.3, -0.25) is 4.79 Å². The van der Waals surface area contributed by atoms with Crippen LogP contribution in [0.1, 0.15) is 32.1 Å². The molecule has 2 aliphatic carbocycles. The fraction of sp³-hybridized carbons (Fsp3) is 0.615. The molecule has 3 rings (SSSR count). The van der Waals surface area contributed by atoms with Gasteiger partial charge in [-0.15, -0.1) is 0 Å². The van der Waals surface area contributed by atoms with Crippen LogP contribution in [-0.4, -0.2) is 23.1 Å². The molecule has 1 saturated carbocycles. The Labute approximate surface area is 105 Å². The summed E-state index contributed by atoms with van der Waals surface area (Å²) < 4.78 is 11.2. The number of fused-ring (bicyclic) bond motifs is 1. The molecule has 3 aliphatic rings. The van der Waals surface area contributed by atoms with Crippen LogP contribution < -0.4 is 0 Å². The Morgan fingerprint density at radius 2 is 2.12 bits per heavy atom. The number of ketones is 1. The van der Waals surface area contributed by atoms with Gasteiger partial charge < -0.3 is 9.47 Å². The normalized spacial score (nSPS) is 30.4. The van der Waals surface area contributed by atoms with E-state index < -0.39 is 0 Å². The summed E-state index contributed by atoms with van der Waals surface area (Å²) in [5.74, 6) is 1.50. The minimum atomic E-state index is -0.137. The fourth-order valence-corrected chi connectivity index (χ4v) is 4.21. The van der Waals surface area contributed by atoms with Crippen molar-refractivity contribution in [1.82, 2.24) is 0 Å². The molecule has 0 amide bonds. The Morgan fingerprint density at radius 3 is 2.82 bits per heavy atom. The Morgan fingerprint density at radius 1 is 1.35 bits per heavy atom. The highest BCUT2D eigenvalue weighted by atomic mass is 32.2. The third kappa shape index (κ3) is 1.88. The average molecular weight is 252 g/mol. The molecular formula is C13H16O3S. The minimum Gasteiger partial charge on any atom is -0.497 e. The van der Waals surface area contributed by atoms with Gasteiger partial charge in [0.1, 0.15) is 16.8 Å². The summed E-state index contributed by atoms with van der Waals surface area (Å²) in [6, 6.07) is 0. The summed E-state index contributed by atoms with van der Waals surface area (Å²) in [5.41, 5.74) is 0. The first kappa shape index (κ1) is 11.2. The van der Waals surface area contributed by atoms with Crippen LogP contribution in [0.3, 0.4) is 0 Å². The maximum Gasteiger partial charge on any atom is 0.180 e. The van der Waals surface area contributed by atoms with Crippen LogP contribution in [-0.2, 0) is 14.3 Å². The van der Waals surface area contributed by atoms with Gasteiger partial charge in [0.15, 0.2) is 10.7 Å². The zero-order chi connectivity index (χ0) is 11.9. The molecule has 1 atom stereocenters. The van der Waals surface area contributed by atoms with Crippen LogP contribution in [0.15, 0.2) is 23.7 Å². The van der Waals surface area contributed by atoms with Crippen molar-refractivity contribution < 1.29 is 14.3 Å². The molecule has 2 fully saturated rings.